The molecule has 0 aliphatic rings. The van der Waals surface area contributed by atoms with Crippen molar-refractivity contribution in [3.05, 3.63) is 40.9 Å². The Morgan fingerprint density at radius 1 is 1.42 bits per heavy atom. The molecule has 0 saturated heterocycles. The van der Waals surface area contributed by atoms with Crippen molar-refractivity contribution in [2.75, 3.05) is 13.2 Å². The van der Waals surface area contributed by atoms with Crippen LogP contribution in [0.5, 0.6) is 5.75 Å². The summed E-state index contributed by atoms with van der Waals surface area (Å²) < 4.78 is 8.55. The third-order valence-corrected chi connectivity index (χ3v) is 3.09. The molecular weight excluding hydrogens is 308 g/mol. The molecule has 0 unspecified atom stereocenters. The molecule has 1 heterocycles. The largest absolute Gasteiger partial charge is 0.492 e. The maximum absolute atomic E-state index is 5.68. The number of hydrogen-bond acceptors (Lipinski definition) is 4. The average Bonchev–Trinajstić information content (AvgIpc) is 2.84. The highest BCUT2D eigenvalue weighted by Gasteiger charge is 2.03. The van der Waals surface area contributed by atoms with Gasteiger partial charge in [-0.05, 0) is 24.7 Å². The predicted octanol–water partition coefficient (Wildman–Crippen LogP) is 2.23. The highest BCUT2D eigenvalue weighted by Crippen LogP contribution is 2.17. The summed E-state index contributed by atoms with van der Waals surface area (Å²) in [6.07, 6.45) is 1.58. The van der Waals surface area contributed by atoms with Crippen molar-refractivity contribution in [1.82, 2.24) is 20.1 Å². The summed E-state index contributed by atoms with van der Waals surface area (Å²) in [7, 11) is 0. The van der Waals surface area contributed by atoms with Crippen molar-refractivity contribution in [2.24, 2.45) is 0 Å². The van der Waals surface area contributed by atoms with Gasteiger partial charge >= 0.3 is 0 Å². The molecule has 0 aliphatic carbocycles. The van der Waals surface area contributed by atoms with Crippen LogP contribution in [0.3, 0.4) is 0 Å². The van der Waals surface area contributed by atoms with Gasteiger partial charge in [-0.3, -0.25) is 0 Å². The lowest BCUT2D eigenvalue weighted by atomic mass is 10.3. The standard InChI is InChI=1S/C13H17BrN4O/c1-2-15-9-13-16-10-17-18(13)6-7-19-12-5-3-4-11(14)8-12/h3-5,8,10,15H,2,6-7,9H2,1H3. The summed E-state index contributed by atoms with van der Waals surface area (Å²) in [6, 6.07) is 7.80. The first-order valence-electron chi connectivity index (χ1n) is 6.25. The van der Waals surface area contributed by atoms with E-state index in [1.165, 1.54) is 0 Å². The SMILES string of the molecule is CCNCc1ncnn1CCOc1cccc(Br)c1. The summed E-state index contributed by atoms with van der Waals surface area (Å²) in [5, 5.41) is 7.43. The predicted molar refractivity (Wildman–Crippen MR) is 77.0 cm³/mol. The minimum Gasteiger partial charge on any atom is -0.492 e. The van der Waals surface area contributed by atoms with E-state index in [4.69, 9.17) is 4.74 Å². The third-order valence-electron chi connectivity index (χ3n) is 2.60. The molecular formula is C13H17BrN4O. The van der Waals surface area contributed by atoms with Gasteiger partial charge in [0.05, 0.1) is 13.1 Å². The second-order valence-corrected chi connectivity index (χ2v) is 4.90. The smallest absolute Gasteiger partial charge is 0.140 e. The molecule has 0 radical (unpaired) electrons. The Hall–Kier alpha value is -1.40. The molecule has 5 nitrogen and oxygen atoms in total. The van der Waals surface area contributed by atoms with Gasteiger partial charge in [0.15, 0.2) is 0 Å². The number of halogens is 1. The quantitative estimate of drug-likeness (QED) is 0.848. The second-order valence-electron chi connectivity index (χ2n) is 3.99. The molecule has 0 fully saturated rings. The molecule has 0 saturated carbocycles. The summed E-state index contributed by atoms with van der Waals surface area (Å²) in [5.74, 6) is 1.78. The van der Waals surface area contributed by atoms with Gasteiger partial charge in [-0.2, -0.15) is 5.10 Å². The molecule has 1 aromatic carbocycles. The zero-order valence-electron chi connectivity index (χ0n) is 10.8. The minimum absolute atomic E-state index is 0.568. The molecule has 102 valence electrons. The molecule has 0 amide bonds. The van der Waals surface area contributed by atoms with Gasteiger partial charge < -0.3 is 10.1 Å². The monoisotopic (exact) mass is 324 g/mol. The van der Waals surface area contributed by atoms with Crippen molar-refractivity contribution in [3.8, 4) is 5.75 Å². The molecule has 2 aromatic rings. The fourth-order valence-electron chi connectivity index (χ4n) is 1.66. The Morgan fingerprint density at radius 3 is 3.11 bits per heavy atom. The molecule has 0 bridgehead atoms. The Bertz CT molecular complexity index is 515. The molecule has 0 spiro atoms. The van der Waals surface area contributed by atoms with Crippen LogP contribution < -0.4 is 10.1 Å². The number of ether oxygens (including phenoxy) is 1. The highest BCUT2D eigenvalue weighted by atomic mass is 79.9. The lowest BCUT2D eigenvalue weighted by Crippen LogP contribution is -2.19. The Kier molecular flexibility index (Phi) is 5.35. The molecule has 6 heteroatoms. The van der Waals surface area contributed by atoms with E-state index in [1.54, 1.807) is 6.33 Å². The maximum Gasteiger partial charge on any atom is 0.140 e. The third kappa shape index (κ3) is 4.33. The van der Waals surface area contributed by atoms with Crippen LogP contribution in [0.1, 0.15) is 12.7 Å². The lowest BCUT2D eigenvalue weighted by molar-refractivity contribution is 0.288. The first-order chi connectivity index (χ1) is 9.29. The van der Waals surface area contributed by atoms with Crippen molar-refractivity contribution in [2.45, 2.75) is 20.0 Å². The molecule has 1 aromatic heterocycles. The number of hydrogen-bond donors (Lipinski definition) is 1. The normalized spacial score (nSPS) is 10.6. The second kappa shape index (κ2) is 7.25. The molecule has 0 atom stereocenters. The van der Waals surface area contributed by atoms with Crippen LogP contribution in [0.25, 0.3) is 0 Å². The van der Waals surface area contributed by atoms with E-state index in [9.17, 15) is 0 Å². The minimum atomic E-state index is 0.568. The zero-order chi connectivity index (χ0) is 13.5. The number of rotatable bonds is 7. The van der Waals surface area contributed by atoms with Gasteiger partial charge in [-0.15, -0.1) is 0 Å². The number of benzene rings is 1. The highest BCUT2D eigenvalue weighted by molar-refractivity contribution is 9.10. The molecule has 2 rings (SSSR count). The van der Waals surface area contributed by atoms with Gasteiger partial charge in [-0.1, -0.05) is 28.9 Å². The van der Waals surface area contributed by atoms with E-state index >= 15 is 0 Å². The average molecular weight is 325 g/mol. The van der Waals surface area contributed by atoms with Crippen LogP contribution in [-0.4, -0.2) is 27.9 Å². The Balaban J connectivity index is 1.84. The maximum atomic E-state index is 5.68. The lowest BCUT2D eigenvalue weighted by Gasteiger charge is -2.08. The van der Waals surface area contributed by atoms with Crippen LogP contribution in [0.2, 0.25) is 0 Å². The Morgan fingerprint density at radius 2 is 2.32 bits per heavy atom. The Labute approximate surface area is 121 Å². The summed E-state index contributed by atoms with van der Waals surface area (Å²) in [4.78, 5) is 4.22. The first-order valence-corrected chi connectivity index (χ1v) is 7.04. The summed E-state index contributed by atoms with van der Waals surface area (Å²) >= 11 is 3.42. The van der Waals surface area contributed by atoms with E-state index in [-0.39, 0.29) is 0 Å². The van der Waals surface area contributed by atoms with Crippen LogP contribution in [0.4, 0.5) is 0 Å². The van der Waals surface area contributed by atoms with Crippen molar-refractivity contribution in [1.29, 1.82) is 0 Å². The first kappa shape index (κ1) is 14.0. The van der Waals surface area contributed by atoms with E-state index < -0.39 is 0 Å². The zero-order valence-corrected chi connectivity index (χ0v) is 12.4. The van der Waals surface area contributed by atoms with Crippen LogP contribution in [-0.2, 0) is 13.1 Å². The fraction of sp³-hybridized carbons (Fsp3) is 0.385. The van der Waals surface area contributed by atoms with Crippen LogP contribution >= 0.6 is 15.9 Å². The number of nitrogens with one attached hydrogen (secondary N) is 1. The topological polar surface area (TPSA) is 52.0 Å². The van der Waals surface area contributed by atoms with E-state index in [1.807, 2.05) is 28.9 Å². The molecule has 1 N–H and O–H groups in total. The fourth-order valence-corrected chi connectivity index (χ4v) is 2.03. The van der Waals surface area contributed by atoms with Gasteiger partial charge in [0.1, 0.15) is 24.5 Å². The van der Waals surface area contributed by atoms with E-state index in [0.717, 1.165) is 29.1 Å². The molecule has 0 aliphatic heterocycles. The van der Waals surface area contributed by atoms with Crippen molar-refractivity contribution < 1.29 is 4.74 Å². The number of aromatic nitrogens is 3. The molecule has 19 heavy (non-hydrogen) atoms. The van der Waals surface area contributed by atoms with Crippen molar-refractivity contribution in [3.63, 3.8) is 0 Å². The van der Waals surface area contributed by atoms with Crippen molar-refractivity contribution >= 4 is 15.9 Å². The van der Waals surface area contributed by atoms with Crippen LogP contribution in [0.15, 0.2) is 35.1 Å². The summed E-state index contributed by atoms with van der Waals surface area (Å²) in [6.45, 7) is 4.97. The summed E-state index contributed by atoms with van der Waals surface area (Å²) in [5.41, 5.74) is 0. The van der Waals surface area contributed by atoms with Gasteiger partial charge in [0.2, 0.25) is 0 Å². The van der Waals surface area contributed by atoms with E-state index in [0.29, 0.717) is 13.2 Å². The van der Waals surface area contributed by atoms with Gasteiger partial charge in [-0.25, -0.2) is 9.67 Å². The number of nitrogens with zero attached hydrogens (tertiary/aromatic N) is 3. The van der Waals surface area contributed by atoms with Crippen LogP contribution in [0, 0.1) is 0 Å². The van der Waals surface area contributed by atoms with Gasteiger partial charge in [0, 0.05) is 4.47 Å². The van der Waals surface area contributed by atoms with Gasteiger partial charge in [0.25, 0.3) is 0 Å². The van der Waals surface area contributed by atoms with E-state index in [2.05, 4.69) is 38.3 Å².